The zero-order valence-corrected chi connectivity index (χ0v) is 9.51. The second kappa shape index (κ2) is 3.73. The average Bonchev–Trinajstić information content (AvgIpc) is 2.70. The van der Waals surface area contributed by atoms with Crippen LogP contribution in [0.4, 0.5) is 10.1 Å². The average molecular weight is 253 g/mol. The monoisotopic (exact) mass is 253 g/mol. The van der Waals surface area contributed by atoms with Crippen molar-refractivity contribution in [2.45, 2.75) is 0 Å². The van der Waals surface area contributed by atoms with Crippen molar-refractivity contribution in [3.05, 3.63) is 41.2 Å². The van der Waals surface area contributed by atoms with Crippen molar-refractivity contribution in [3.8, 4) is 6.07 Å². The fourth-order valence-corrected chi connectivity index (χ4v) is 1.86. The zero-order chi connectivity index (χ0) is 13.6. The normalized spacial score (nSPS) is 15.4. The first-order valence-corrected chi connectivity index (χ1v) is 5.37. The summed E-state index contributed by atoms with van der Waals surface area (Å²) >= 11 is 0. The number of ketones is 1. The maximum Gasteiger partial charge on any atom is 0.429 e. The van der Waals surface area contributed by atoms with E-state index in [-0.39, 0.29) is 22.7 Å². The smallest absolute Gasteiger partial charge is 0.396 e. The summed E-state index contributed by atoms with van der Waals surface area (Å²) in [6.45, 7) is 0. The van der Waals surface area contributed by atoms with Gasteiger partial charge in [0.25, 0.3) is 0 Å². The molecule has 2 N–H and O–H groups in total. The van der Waals surface area contributed by atoms with Crippen molar-refractivity contribution in [2.24, 2.45) is 4.99 Å². The second-order valence-electron chi connectivity index (χ2n) is 3.99. The maximum absolute atomic E-state index is 13.8. The molecule has 0 fully saturated rings. The van der Waals surface area contributed by atoms with Crippen molar-refractivity contribution in [2.75, 3.05) is 5.73 Å². The molecule has 0 unspecified atom stereocenters. The zero-order valence-electron chi connectivity index (χ0n) is 9.51. The van der Waals surface area contributed by atoms with Gasteiger partial charge in [-0.05, 0) is 17.1 Å². The molecule has 0 spiro atoms. The van der Waals surface area contributed by atoms with Crippen molar-refractivity contribution in [3.63, 3.8) is 0 Å². The van der Waals surface area contributed by atoms with Gasteiger partial charge in [-0.3, -0.25) is 4.79 Å². The minimum atomic E-state index is -0.760. The molecule has 19 heavy (non-hydrogen) atoms. The van der Waals surface area contributed by atoms with E-state index in [4.69, 9.17) is 11.0 Å². The largest absolute Gasteiger partial charge is 0.429 e. The van der Waals surface area contributed by atoms with E-state index >= 15 is 0 Å². The summed E-state index contributed by atoms with van der Waals surface area (Å²) in [5.74, 6) is -0.984. The van der Waals surface area contributed by atoms with Gasteiger partial charge in [0.2, 0.25) is 11.5 Å². The Morgan fingerprint density at radius 2 is 2.26 bits per heavy atom. The van der Waals surface area contributed by atoms with E-state index in [0.29, 0.717) is 11.4 Å². The van der Waals surface area contributed by atoms with Crippen molar-refractivity contribution >= 4 is 28.7 Å². The first kappa shape index (κ1) is 11.1. The van der Waals surface area contributed by atoms with Gasteiger partial charge in [0, 0.05) is 6.08 Å². The summed E-state index contributed by atoms with van der Waals surface area (Å²) in [4.78, 5) is 16.0. The number of hydrogen-bond donors (Lipinski definition) is 1. The van der Waals surface area contributed by atoms with Crippen LogP contribution in [0.1, 0.15) is 10.4 Å². The summed E-state index contributed by atoms with van der Waals surface area (Å²) in [6, 6.07) is 6.07. The van der Waals surface area contributed by atoms with Crippen LogP contribution in [0.3, 0.4) is 0 Å². The Balaban J connectivity index is 1.99. The number of benzene rings is 1. The van der Waals surface area contributed by atoms with Gasteiger partial charge in [-0.25, -0.2) is 4.39 Å². The first-order chi connectivity index (χ1) is 9.11. The molecule has 90 valence electrons. The number of anilines is 1. The molecule has 1 aromatic rings. The van der Waals surface area contributed by atoms with Gasteiger partial charge in [-0.1, -0.05) is 6.07 Å². The number of amidine groups is 1. The van der Waals surface area contributed by atoms with E-state index in [0.717, 1.165) is 0 Å². The Bertz CT molecular complexity index is 804. The highest BCUT2D eigenvalue weighted by Crippen LogP contribution is 2.22. The van der Waals surface area contributed by atoms with E-state index in [2.05, 4.69) is 9.66 Å². The summed E-state index contributed by atoms with van der Waals surface area (Å²) in [6.07, 6.45) is 1.46. The number of nitrogens with zero attached hydrogens (tertiary/aromatic N) is 3. The molecule has 6 heteroatoms. The lowest BCUT2D eigenvalue weighted by atomic mass is 9.95. The Kier molecular flexibility index (Phi) is 2.18. The molecular formula is C13H6FN4O+. The molecule has 0 atom stereocenters. The second-order valence-corrected chi connectivity index (χ2v) is 3.99. The summed E-state index contributed by atoms with van der Waals surface area (Å²) in [7, 11) is 0. The number of carbonyl (C=O) groups excluding carboxylic acids is 1. The third-order valence-corrected chi connectivity index (χ3v) is 2.82. The molecular weight excluding hydrogens is 247 g/mol. The maximum atomic E-state index is 13.8. The molecule has 2 aliphatic heterocycles. The van der Waals surface area contributed by atoms with E-state index in [1.165, 1.54) is 24.3 Å². The van der Waals surface area contributed by atoms with Gasteiger partial charge in [0.05, 0.1) is 11.3 Å². The fourth-order valence-electron chi connectivity index (χ4n) is 1.86. The molecule has 1 aromatic carbocycles. The number of allylic oxidation sites excluding steroid dienone is 1. The third-order valence-electron chi connectivity index (χ3n) is 2.82. The van der Waals surface area contributed by atoms with Gasteiger partial charge in [-0.2, -0.15) is 9.93 Å². The van der Waals surface area contributed by atoms with Crippen LogP contribution in [-0.2, 0) is 0 Å². The quantitative estimate of drug-likeness (QED) is 0.470. The Labute approximate surface area is 106 Å². The number of nitriles is 1. The van der Waals surface area contributed by atoms with Crippen LogP contribution in [0.5, 0.6) is 0 Å². The van der Waals surface area contributed by atoms with Crippen LogP contribution in [0.2, 0.25) is 0 Å². The number of Topliss-reactive ketones (excluding diaryl/α,β-unsaturated/α-hetero) is 1. The van der Waals surface area contributed by atoms with Crippen molar-refractivity contribution in [1.29, 1.82) is 5.26 Å². The van der Waals surface area contributed by atoms with Crippen LogP contribution >= 0.6 is 0 Å². The van der Waals surface area contributed by atoms with E-state index in [1.807, 2.05) is 6.07 Å². The van der Waals surface area contributed by atoms with E-state index in [9.17, 15) is 9.18 Å². The minimum absolute atomic E-state index is 0.0932. The van der Waals surface area contributed by atoms with Crippen LogP contribution < -0.4 is 10.4 Å². The summed E-state index contributed by atoms with van der Waals surface area (Å²) in [5, 5.41) is 8.70. The van der Waals surface area contributed by atoms with E-state index in [1.54, 1.807) is 0 Å². The molecule has 3 rings (SSSR count). The number of aliphatic imine (C=N–C) groups is 1. The lowest BCUT2D eigenvalue weighted by molar-refractivity contribution is 0.106. The van der Waals surface area contributed by atoms with E-state index < -0.39 is 11.6 Å². The Morgan fingerprint density at radius 1 is 1.47 bits per heavy atom. The molecule has 0 aromatic heterocycles. The highest BCUT2D eigenvalue weighted by Gasteiger charge is 2.45. The molecule has 5 nitrogen and oxygen atoms in total. The Morgan fingerprint density at radius 3 is 3.00 bits per heavy atom. The first-order valence-electron chi connectivity index (χ1n) is 5.37. The number of nitrogen functional groups attached to an aromatic ring is 1. The van der Waals surface area contributed by atoms with Gasteiger partial charge >= 0.3 is 11.5 Å². The van der Waals surface area contributed by atoms with Crippen LogP contribution in [0.15, 0.2) is 34.8 Å². The van der Waals surface area contributed by atoms with Gasteiger partial charge < -0.3 is 5.73 Å². The fraction of sp³-hybridized carbons (Fsp3) is 0. The van der Waals surface area contributed by atoms with Crippen LogP contribution in [0, 0.1) is 17.1 Å². The van der Waals surface area contributed by atoms with Gasteiger partial charge in [0.1, 0.15) is 5.57 Å². The van der Waals surface area contributed by atoms with Gasteiger partial charge in [0.15, 0.2) is 11.9 Å². The predicted octanol–water partition coefficient (Wildman–Crippen LogP) is 0.415. The number of fused-ring (bicyclic) bond motifs is 1. The molecule has 0 saturated heterocycles. The molecule has 2 aliphatic rings. The number of hydrogen-bond acceptors (Lipinski definition) is 4. The lowest BCUT2D eigenvalue weighted by Crippen LogP contribution is -2.31. The highest BCUT2D eigenvalue weighted by molar-refractivity contribution is 6.64. The highest BCUT2D eigenvalue weighted by atomic mass is 19.1. The molecule has 0 saturated carbocycles. The standard InChI is InChI=1S/C13H6FN4O/c14-10-7(2-1-3-9(10)16)12(19)11-8-4-6(5-15)17-13(8)18-11/h1-4H,16H2/q+1. The summed E-state index contributed by atoms with van der Waals surface area (Å²) < 4.78 is 17.6. The molecule has 2 heterocycles. The topological polar surface area (TPSA) is 93.3 Å². The van der Waals surface area contributed by atoms with Gasteiger partial charge in [-0.15, -0.1) is 0 Å². The lowest BCUT2D eigenvalue weighted by Gasteiger charge is -2.06. The van der Waals surface area contributed by atoms with Crippen molar-refractivity contribution in [1.82, 2.24) is 4.67 Å². The number of carbonyl (C=O) groups is 1. The van der Waals surface area contributed by atoms with Crippen molar-refractivity contribution < 1.29 is 9.18 Å². The Hall–Kier alpha value is -3.03. The third kappa shape index (κ3) is 1.50. The summed E-state index contributed by atoms with van der Waals surface area (Å²) in [5.41, 5.74) is 5.95. The number of halogens is 1. The number of nitrogens with two attached hydrogens (primary N) is 1. The van der Waals surface area contributed by atoms with Crippen LogP contribution in [0.25, 0.3) is 0 Å². The molecule has 0 amide bonds. The molecule has 0 aliphatic carbocycles. The predicted molar refractivity (Wildman–Crippen MR) is 68.4 cm³/mol. The minimum Gasteiger partial charge on any atom is -0.396 e. The molecule has 0 bridgehead atoms. The molecule has 0 radical (unpaired) electrons. The van der Waals surface area contributed by atoms with Crippen LogP contribution in [-0.4, -0.2) is 23.0 Å². The SMILES string of the molecule is N#CC1=[N+]=C2N=C(C(=O)c3cccc(N)c3F)C2=C1. The number of rotatable bonds is 2.